The number of hydrogen-bond acceptors (Lipinski definition) is 7. The number of rotatable bonds is 4. The molecule has 0 atom stereocenters. The van der Waals surface area contributed by atoms with Crippen LogP contribution in [0.4, 0.5) is 5.69 Å². The summed E-state index contributed by atoms with van der Waals surface area (Å²) in [5.74, 6) is -2.03. The molecule has 1 aromatic carbocycles. The summed E-state index contributed by atoms with van der Waals surface area (Å²) in [5, 5.41) is 0. The largest absolute Gasteiger partial charge is 0.465 e. The highest BCUT2D eigenvalue weighted by Crippen LogP contribution is 2.32. The Labute approximate surface area is 170 Å². The maximum atomic E-state index is 12.5. The Morgan fingerprint density at radius 3 is 2.15 bits per heavy atom. The van der Waals surface area contributed by atoms with Gasteiger partial charge < -0.3 is 19.1 Å². The van der Waals surface area contributed by atoms with Gasteiger partial charge in [-0.1, -0.05) is 6.08 Å². The maximum Gasteiger partial charge on any atom is 0.355 e. The Kier molecular flexibility index (Phi) is 6.78. The van der Waals surface area contributed by atoms with Crippen molar-refractivity contribution in [1.82, 2.24) is 0 Å². The Morgan fingerprint density at radius 1 is 0.926 bits per heavy atom. The van der Waals surface area contributed by atoms with Crippen molar-refractivity contribution < 1.29 is 28.6 Å². The first-order chi connectivity index (χ1) is 12.8. The smallest absolute Gasteiger partial charge is 0.355 e. The maximum absolute atomic E-state index is 12.5. The molecule has 1 heterocycles. The Balaban J connectivity index is 2.82. The minimum Gasteiger partial charge on any atom is -0.465 e. The molecule has 1 aromatic rings. The van der Waals surface area contributed by atoms with Crippen molar-refractivity contribution in [2.75, 3.05) is 26.2 Å². The number of methoxy groups -OCH3 is 3. The van der Waals surface area contributed by atoms with Crippen LogP contribution in [0.25, 0.3) is 0 Å². The van der Waals surface area contributed by atoms with E-state index in [4.69, 9.17) is 14.2 Å². The van der Waals surface area contributed by atoms with Crippen molar-refractivity contribution in [3.63, 3.8) is 0 Å². The van der Waals surface area contributed by atoms with E-state index in [0.717, 1.165) is 9.13 Å². The van der Waals surface area contributed by atoms with Gasteiger partial charge in [-0.3, -0.25) is 0 Å². The fourth-order valence-corrected chi connectivity index (χ4v) is 2.96. The van der Waals surface area contributed by atoms with Gasteiger partial charge in [0.1, 0.15) is 5.70 Å². The first-order valence-electron chi connectivity index (χ1n) is 7.79. The van der Waals surface area contributed by atoms with E-state index in [2.05, 4.69) is 22.6 Å². The molecule has 0 N–H and O–H groups in total. The molecular weight excluding hydrogens is 465 g/mol. The quantitative estimate of drug-likeness (QED) is 0.370. The van der Waals surface area contributed by atoms with Crippen molar-refractivity contribution >= 4 is 46.2 Å². The van der Waals surface area contributed by atoms with Crippen LogP contribution in [-0.4, -0.2) is 39.2 Å². The van der Waals surface area contributed by atoms with Crippen LogP contribution in [0.15, 0.2) is 47.8 Å². The molecule has 0 spiro atoms. The lowest BCUT2D eigenvalue weighted by Gasteiger charge is -2.25. The molecule has 0 saturated carbocycles. The van der Waals surface area contributed by atoms with Crippen LogP contribution in [0.1, 0.15) is 15.9 Å². The third-order valence-electron chi connectivity index (χ3n) is 3.83. The topological polar surface area (TPSA) is 82.1 Å². The minimum absolute atomic E-state index is 0.00127. The number of carbonyl (C=O) groups is 3. The second-order valence-electron chi connectivity index (χ2n) is 5.43. The number of aryl methyl sites for hydroxylation is 1. The molecule has 0 radical (unpaired) electrons. The molecule has 1 aliphatic heterocycles. The van der Waals surface area contributed by atoms with Crippen molar-refractivity contribution in [2.45, 2.75) is 6.92 Å². The van der Waals surface area contributed by atoms with Gasteiger partial charge in [-0.15, -0.1) is 0 Å². The Bertz CT molecular complexity index is 884. The summed E-state index contributed by atoms with van der Waals surface area (Å²) >= 11 is 2.11. The van der Waals surface area contributed by atoms with E-state index in [1.165, 1.54) is 32.3 Å². The number of carbonyl (C=O) groups excluding carboxylic acids is 3. The van der Waals surface area contributed by atoms with Gasteiger partial charge in [-0.2, -0.15) is 0 Å². The minimum atomic E-state index is -0.751. The number of ether oxygens (including phenoxy) is 3. The van der Waals surface area contributed by atoms with E-state index in [1.807, 2.05) is 6.92 Å². The number of benzene rings is 1. The summed E-state index contributed by atoms with van der Waals surface area (Å²) in [4.78, 5) is 38.5. The predicted molar refractivity (Wildman–Crippen MR) is 107 cm³/mol. The molecule has 0 unspecified atom stereocenters. The second kappa shape index (κ2) is 8.85. The van der Waals surface area contributed by atoms with E-state index in [-0.39, 0.29) is 16.8 Å². The molecule has 27 heavy (non-hydrogen) atoms. The fraction of sp³-hybridized carbons (Fsp3) is 0.211. The van der Waals surface area contributed by atoms with Gasteiger partial charge >= 0.3 is 17.9 Å². The zero-order valence-corrected chi connectivity index (χ0v) is 17.4. The van der Waals surface area contributed by atoms with Crippen molar-refractivity contribution in [3.05, 3.63) is 62.5 Å². The van der Waals surface area contributed by atoms with E-state index >= 15 is 0 Å². The highest BCUT2D eigenvalue weighted by molar-refractivity contribution is 14.1. The molecule has 0 amide bonds. The average Bonchev–Trinajstić information content (AvgIpc) is 2.90. The van der Waals surface area contributed by atoms with Gasteiger partial charge in [0.05, 0.1) is 38.2 Å². The first kappa shape index (κ1) is 20.7. The van der Waals surface area contributed by atoms with Gasteiger partial charge in [0, 0.05) is 9.77 Å². The normalized spacial score (nSPS) is 13.3. The number of halogens is 1. The molecule has 0 aromatic heterocycles. The van der Waals surface area contributed by atoms with Crippen LogP contribution in [0, 0.1) is 10.5 Å². The highest BCUT2D eigenvalue weighted by atomic mass is 127. The zero-order chi connectivity index (χ0) is 20.1. The SMILES string of the molecule is COC(=O)C1=C(C(=O)OC)N(c2cc(C)c(I)cc2C(=O)OC)C=CC=C1. The number of allylic oxidation sites excluding steroid dienone is 2. The van der Waals surface area contributed by atoms with Crippen molar-refractivity contribution in [3.8, 4) is 0 Å². The lowest BCUT2D eigenvalue weighted by Crippen LogP contribution is -2.28. The van der Waals surface area contributed by atoms with Gasteiger partial charge in [-0.05, 0) is 59.4 Å². The van der Waals surface area contributed by atoms with Crippen molar-refractivity contribution in [2.24, 2.45) is 0 Å². The third kappa shape index (κ3) is 4.21. The number of nitrogens with zero attached hydrogens (tertiary/aromatic N) is 1. The first-order valence-corrected chi connectivity index (χ1v) is 8.87. The fourth-order valence-electron chi connectivity index (χ4n) is 2.49. The summed E-state index contributed by atoms with van der Waals surface area (Å²) in [5.41, 5.74) is 1.43. The lowest BCUT2D eigenvalue weighted by molar-refractivity contribution is -0.139. The Morgan fingerprint density at radius 2 is 1.56 bits per heavy atom. The monoisotopic (exact) mass is 483 g/mol. The number of hydrogen-bond donors (Lipinski definition) is 0. The van der Waals surface area contributed by atoms with E-state index in [9.17, 15) is 14.4 Å². The average molecular weight is 483 g/mol. The number of esters is 3. The third-order valence-corrected chi connectivity index (χ3v) is 4.99. The zero-order valence-electron chi connectivity index (χ0n) is 15.2. The lowest BCUT2D eigenvalue weighted by atomic mass is 10.1. The van der Waals surface area contributed by atoms with Crippen LogP contribution in [0.5, 0.6) is 0 Å². The molecule has 0 bridgehead atoms. The molecule has 8 heteroatoms. The van der Waals surface area contributed by atoms with Gasteiger partial charge in [0.15, 0.2) is 0 Å². The molecule has 7 nitrogen and oxygen atoms in total. The van der Waals surface area contributed by atoms with E-state index < -0.39 is 17.9 Å². The Hall–Kier alpha value is -2.62. The molecule has 1 aliphatic rings. The van der Waals surface area contributed by atoms with Crippen LogP contribution in [0.2, 0.25) is 0 Å². The van der Waals surface area contributed by atoms with Crippen LogP contribution in [-0.2, 0) is 23.8 Å². The highest BCUT2D eigenvalue weighted by Gasteiger charge is 2.30. The molecule has 2 rings (SSSR count). The van der Waals surface area contributed by atoms with Crippen LogP contribution < -0.4 is 4.90 Å². The molecule has 0 saturated heterocycles. The second-order valence-corrected chi connectivity index (χ2v) is 6.59. The van der Waals surface area contributed by atoms with Gasteiger partial charge in [0.25, 0.3) is 0 Å². The molecular formula is C19H18INO6. The summed E-state index contributed by atoms with van der Waals surface area (Å²) in [6.45, 7) is 1.87. The standard InChI is InChI=1S/C19H18INO6/c1-11-9-15(13(10-14(11)20)18(23)26-3)21-8-6-5-7-12(17(22)25-2)16(21)19(24)27-4/h5-10H,1-4H3. The van der Waals surface area contributed by atoms with Crippen LogP contribution in [0.3, 0.4) is 0 Å². The molecule has 142 valence electrons. The summed E-state index contributed by atoms with van der Waals surface area (Å²) in [6.07, 6.45) is 6.23. The summed E-state index contributed by atoms with van der Waals surface area (Å²) in [6, 6.07) is 3.40. The van der Waals surface area contributed by atoms with Crippen LogP contribution >= 0.6 is 22.6 Å². The van der Waals surface area contributed by atoms with Gasteiger partial charge in [0.2, 0.25) is 0 Å². The number of anilines is 1. The molecule has 0 fully saturated rings. The van der Waals surface area contributed by atoms with Crippen molar-refractivity contribution in [1.29, 1.82) is 0 Å². The summed E-state index contributed by atoms with van der Waals surface area (Å²) in [7, 11) is 3.70. The molecule has 0 aliphatic carbocycles. The van der Waals surface area contributed by atoms with E-state index in [0.29, 0.717) is 5.69 Å². The predicted octanol–water partition coefficient (Wildman–Crippen LogP) is 2.88. The summed E-state index contributed by atoms with van der Waals surface area (Å²) < 4.78 is 15.4. The van der Waals surface area contributed by atoms with E-state index in [1.54, 1.807) is 30.5 Å². The van der Waals surface area contributed by atoms with Gasteiger partial charge in [-0.25, -0.2) is 14.4 Å².